The standard InChI is InChI=1S/C24H38N6O2Si/c1-26-23(20-10-11-29(24(20)27-2)17-32-12-13-33(3,4)5)19-15-28-30(16-19)21(14-22(25)31)18-8-6-7-9-18/h10-11,15-16,18,21H,2,6-9,12-14,17H2,1,3-5H3,(H2,25,31)/b26-23-/t21-/m1/s1. The second kappa shape index (κ2) is 11.1. The van der Waals surface area contributed by atoms with Gasteiger partial charge in [0, 0.05) is 51.7 Å². The number of primary amides is 1. The zero-order valence-electron chi connectivity index (χ0n) is 20.5. The van der Waals surface area contributed by atoms with Crippen molar-refractivity contribution in [3.05, 3.63) is 35.8 Å². The number of ether oxygens (including phenoxy) is 1. The lowest BCUT2D eigenvalue weighted by atomic mass is 9.95. The number of carbonyl (C=O) groups excluding carboxylic acids is 1. The van der Waals surface area contributed by atoms with Crippen LogP contribution in [0.4, 0.5) is 5.82 Å². The summed E-state index contributed by atoms with van der Waals surface area (Å²) in [6.45, 7) is 12.0. The highest BCUT2D eigenvalue weighted by molar-refractivity contribution is 6.76. The molecule has 8 nitrogen and oxygen atoms in total. The van der Waals surface area contributed by atoms with Crippen LogP contribution in [0.3, 0.4) is 0 Å². The van der Waals surface area contributed by atoms with E-state index in [1.165, 1.54) is 12.8 Å². The van der Waals surface area contributed by atoms with E-state index in [1.54, 1.807) is 13.2 Å². The number of carbonyl (C=O) groups is 1. The number of hydrogen-bond donors (Lipinski definition) is 1. The Kier molecular flexibility index (Phi) is 8.42. The van der Waals surface area contributed by atoms with Crippen LogP contribution in [-0.2, 0) is 16.3 Å². The third-order valence-electron chi connectivity index (χ3n) is 6.36. The summed E-state index contributed by atoms with van der Waals surface area (Å²) in [7, 11) is 0.628. The molecule has 33 heavy (non-hydrogen) atoms. The molecule has 2 N–H and O–H groups in total. The van der Waals surface area contributed by atoms with Crippen molar-refractivity contribution in [3.63, 3.8) is 0 Å². The van der Waals surface area contributed by atoms with Gasteiger partial charge >= 0.3 is 0 Å². The molecule has 0 aliphatic heterocycles. The van der Waals surface area contributed by atoms with Crippen molar-refractivity contribution >= 4 is 32.2 Å². The number of amides is 1. The molecule has 0 bridgehead atoms. The fraction of sp³-hybridized carbons (Fsp3) is 0.583. The quantitative estimate of drug-likeness (QED) is 0.283. The van der Waals surface area contributed by atoms with E-state index >= 15 is 0 Å². The van der Waals surface area contributed by atoms with Crippen molar-refractivity contribution in [2.24, 2.45) is 21.6 Å². The maximum Gasteiger partial charge on any atom is 0.219 e. The first-order valence-electron chi connectivity index (χ1n) is 11.8. The second-order valence-corrected chi connectivity index (χ2v) is 15.7. The number of hydrogen-bond acceptors (Lipinski definition) is 5. The van der Waals surface area contributed by atoms with E-state index in [9.17, 15) is 4.79 Å². The average Bonchev–Trinajstić information content (AvgIpc) is 3.50. The summed E-state index contributed by atoms with van der Waals surface area (Å²) in [6.07, 6.45) is 10.6. The van der Waals surface area contributed by atoms with Crippen LogP contribution >= 0.6 is 0 Å². The highest BCUT2D eigenvalue weighted by Crippen LogP contribution is 2.36. The van der Waals surface area contributed by atoms with E-state index in [4.69, 9.17) is 10.5 Å². The minimum absolute atomic E-state index is 0.0155. The van der Waals surface area contributed by atoms with Crippen molar-refractivity contribution < 1.29 is 9.53 Å². The largest absolute Gasteiger partial charge is 0.370 e. The third kappa shape index (κ3) is 6.51. The van der Waals surface area contributed by atoms with Gasteiger partial charge in [0.05, 0.1) is 18.0 Å². The molecule has 1 amide bonds. The summed E-state index contributed by atoms with van der Waals surface area (Å²) in [5.41, 5.74) is 8.11. The summed E-state index contributed by atoms with van der Waals surface area (Å²) >= 11 is 0. The molecule has 2 aromatic heterocycles. The van der Waals surface area contributed by atoms with Gasteiger partial charge < -0.3 is 15.0 Å². The number of nitrogens with zero attached hydrogens (tertiary/aromatic N) is 5. The van der Waals surface area contributed by atoms with Gasteiger partial charge in [-0.15, -0.1) is 0 Å². The maximum atomic E-state index is 11.7. The zero-order valence-corrected chi connectivity index (χ0v) is 21.5. The normalized spacial score (nSPS) is 16.3. The minimum atomic E-state index is -1.13. The van der Waals surface area contributed by atoms with Crippen LogP contribution < -0.4 is 5.73 Å². The van der Waals surface area contributed by atoms with E-state index in [2.05, 4.69) is 41.4 Å². The van der Waals surface area contributed by atoms with Crippen LogP contribution in [0.2, 0.25) is 25.7 Å². The van der Waals surface area contributed by atoms with E-state index in [0.29, 0.717) is 19.1 Å². The summed E-state index contributed by atoms with van der Waals surface area (Å²) in [6, 6.07) is 3.09. The number of aromatic nitrogens is 3. The Labute approximate surface area is 197 Å². The number of aliphatic imine (C=N–C) groups is 2. The van der Waals surface area contributed by atoms with Crippen molar-refractivity contribution in [2.75, 3.05) is 13.7 Å². The maximum absolute atomic E-state index is 11.7. The minimum Gasteiger partial charge on any atom is -0.370 e. The SMILES string of the molecule is C=Nc1c(/C(=N\C)c2cnn([C@H](CC(N)=O)C3CCCC3)c2)ccn1COCC[Si](C)(C)C. The molecular formula is C24H38N6O2Si. The van der Waals surface area contributed by atoms with Gasteiger partial charge in [0.1, 0.15) is 12.5 Å². The predicted octanol–water partition coefficient (Wildman–Crippen LogP) is 4.40. The molecular weight excluding hydrogens is 432 g/mol. The van der Waals surface area contributed by atoms with Crippen molar-refractivity contribution in [3.8, 4) is 0 Å². The lowest BCUT2D eigenvalue weighted by Gasteiger charge is -2.22. The van der Waals surface area contributed by atoms with Gasteiger partial charge in [-0.3, -0.25) is 14.5 Å². The molecule has 180 valence electrons. The molecule has 1 aliphatic rings. The predicted molar refractivity (Wildman–Crippen MR) is 136 cm³/mol. The summed E-state index contributed by atoms with van der Waals surface area (Å²) in [5.74, 6) is 0.852. The lowest BCUT2D eigenvalue weighted by Crippen LogP contribution is -2.25. The van der Waals surface area contributed by atoms with E-state index in [-0.39, 0.29) is 11.9 Å². The second-order valence-electron chi connectivity index (χ2n) is 10.1. The van der Waals surface area contributed by atoms with Gasteiger partial charge in [-0.25, -0.2) is 4.99 Å². The van der Waals surface area contributed by atoms with Crippen LogP contribution in [0.5, 0.6) is 0 Å². The molecule has 1 saturated carbocycles. The third-order valence-corrected chi connectivity index (χ3v) is 8.06. The molecule has 1 aliphatic carbocycles. The van der Waals surface area contributed by atoms with Gasteiger partial charge in [-0.05, 0) is 37.6 Å². The summed E-state index contributed by atoms with van der Waals surface area (Å²) in [4.78, 5) is 20.5. The molecule has 1 atom stereocenters. The van der Waals surface area contributed by atoms with Crippen LogP contribution in [0.1, 0.15) is 49.3 Å². The Bertz CT molecular complexity index is 981. The fourth-order valence-electron chi connectivity index (χ4n) is 4.54. The van der Waals surface area contributed by atoms with Crippen LogP contribution in [0.15, 0.2) is 34.6 Å². The van der Waals surface area contributed by atoms with Crippen molar-refractivity contribution in [1.29, 1.82) is 0 Å². The molecule has 2 aromatic rings. The zero-order chi connectivity index (χ0) is 24.0. The Morgan fingerprint density at radius 3 is 2.70 bits per heavy atom. The Morgan fingerprint density at radius 1 is 1.36 bits per heavy atom. The van der Waals surface area contributed by atoms with E-state index < -0.39 is 8.07 Å². The molecule has 0 aromatic carbocycles. The topological polar surface area (TPSA) is 99.8 Å². The molecule has 1 fully saturated rings. The molecule has 0 spiro atoms. The van der Waals surface area contributed by atoms with Gasteiger partial charge in [0.15, 0.2) is 0 Å². The van der Waals surface area contributed by atoms with E-state index in [0.717, 1.165) is 48.1 Å². The first kappa shape index (κ1) is 25.1. The molecule has 0 radical (unpaired) electrons. The van der Waals surface area contributed by atoms with Gasteiger partial charge in [0.2, 0.25) is 5.91 Å². The van der Waals surface area contributed by atoms with Crippen LogP contribution in [0, 0.1) is 5.92 Å². The smallest absolute Gasteiger partial charge is 0.219 e. The summed E-state index contributed by atoms with van der Waals surface area (Å²) in [5, 5.41) is 4.61. The number of nitrogens with two attached hydrogens (primary N) is 1. The summed E-state index contributed by atoms with van der Waals surface area (Å²) < 4.78 is 9.77. The first-order valence-corrected chi connectivity index (χ1v) is 15.5. The van der Waals surface area contributed by atoms with Crippen LogP contribution in [-0.4, -0.2) is 54.4 Å². The molecule has 2 heterocycles. The molecule has 3 rings (SSSR count). The average molecular weight is 471 g/mol. The van der Waals surface area contributed by atoms with Gasteiger partial charge in [0.25, 0.3) is 0 Å². The highest BCUT2D eigenvalue weighted by atomic mass is 28.3. The molecule has 0 unspecified atom stereocenters. The highest BCUT2D eigenvalue weighted by Gasteiger charge is 2.29. The molecule has 0 saturated heterocycles. The Hall–Kier alpha value is -2.52. The lowest BCUT2D eigenvalue weighted by molar-refractivity contribution is -0.119. The van der Waals surface area contributed by atoms with Crippen LogP contribution in [0.25, 0.3) is 0 Å². The first-order chi connectivity index (χ1) is 15.7. The Morgan fingerprint density at radius 2 is 2.09 bits per heavy atom. The van der Waals surface area contributed by atoms with Gasteiger partial charge in [-0.2, -0.15) is 5.10 Å². The van der Waals surface area contributed by atoms with Gasteiger partial charge in [-0.1, -0.05) is 32.5 Å². The van der Waals surface area contributed by atoms with Crippen molar-refractivity contribution in [1.82, 2.24) is 14.3 Å². The fourth-order valence-corrected chi connectivity index (χ4v) is 5.30. The van der Waals surface area contributed by atoms with Crippen molar-refractivity contribution in [2.45, 2.75) is 70.6 Å². The molecule has 9 heteroatoms. The van der Waals surface area contributed by atoms with E-state index in [1.807, 2.05) is 27.7 Å². The monoisotopic (exact) mass is 470 g/mol. The number of rotatable bonds is 12. The Balaban J connectivity index is 1.79.